The first-order chi connectivity index (χ1) is 18.3. The lowest BCUT2D eigenvalue weighted by Crippen LogP contribution is -2.55. The van der Waals surface area contributed by atoms with E-state index < -0.39 is 34.1 Å². The van der Waals surface area contributed by atoms with Crippen molar-refractivity contribution in [2.75, 3.05) is 17.4 Å². The largest absolute Gasteiger partial charge is 0.350 e. The SMILES string of the molecule is Cc1ccc(N(CC(=O)N(CCc2ccccc2)[C@H](C)C(=O)NC(C)(C)C)S(=O)(=O)c2ccccc2)c(C)c1. The van der Waals surface area contributed by atoms with Crippen molar-refractivity contribution in [1.29, 1.82) is 0 Å². The molecule has 2 amide bonds. The zero-order valence-corrected chi connectivity index (χ0v) is 24.5. The number of rotatable bonds is 10. The molecule has 0 radical (unpaired) electrons. The smallest absolute Gasteiger partial charge is 0.264 e. The summed E-state index contributed by atoms with van der Waals surface area (Å²) in [6.07, 6.45) is 0.523. The van der Waals surface area contributed by atoms with Gasteiger partial charge in [-0.3, -0.25) is 13.9 Å². The summed E-state index contributed by atoms with van der Waals surface area (Å²) in [6, 6.07) is 22.4. The van der Waals surface area contributed by atoms with E-state index in [-0.39, 0.29) is 17.3 Å². The van der Waals surface area contributed by atoms with Crippen LogP contribution in [0.15, 0.2) is 83.8 Å². The molecule has 208 valence electrons. The number of carbonyl (C=O) groups excluding carboxylic acids is 2. The van der Waals surface area contributed by atoms with E-state index in [1.54, 1.807) is 31.2 Å². The fraction of sp³-hybridized carbons (Fsp3) is 0.355. The summed E-state index contributed by atoms with van der Waals surface area (Å²) in [5.74, 6) is -0.755. The number of carbonyl (C=O) groups is 2. The van der Waals surface area contributed by atoms with Crippen molar-refractivity contribution in [3.63, 3.8) is 0 Å². The van der Waals surface area contributed by atoms with Gasteiger partial charge in [0.15, 0.2) is 0 Å². The van der Waals surface area contributed by atoms with E-state index in [9.17, 15) is 18.0 Å². The van der Waals surface area contributed by atoms with Gasteiger partial charge in [-0.15, -0.1) is 0 Å². The predicted molar refractivity (Wildman–Crippen MR) is 156 cm³/mol. The van der Waals surface area contributed by atoms with Crippen LogP contribution in [0, 0.1) is 13.8 Å². The third-order valence-corrected chi connectivity index (χ3v) is 8.15. The number of hydrogen-bond donors (Lipinski definition) is 1. The van der Waals surface area contributed by atoms with Gasteiger partial charge in [-0.05, 0) is 77.3 Å². The van der Waals surface area contributed by atoms with Crippen molar-refractivity contribution in [3.05, 3.63) is 95.6 Å². The van der Waals surface area contributed by atoms with E-state index in [4.69, 9.17) is 0 Å². The van der Waals surface area contributed by atoms with Crippen LogP contribution < -0.4 is 9.62 Å². The Bertz CT molecular complexity index is 1380. The number of benzene rings is 3. The molecule has 0 aromatic heterocycles. The second kappa shape index (κ2) is 12.5. The van der Waals surface area contributed by atoms with Gasteiger partial charge in [0.25, 0.3) is 10.0 Å². The van der Waals surface area contributed by atoms with E-state index in [1.807, 2.05) is 77.1 Å². The van der Waals surface area contributed by atoms with Crippen LogP contribution >= 0.6 is 0 Å². The fourth-order valence-corrected chi connectivity index (χ4v) is 5.86. The number of anilines is 1. The lowest BCUT2D eigenvalue weighted by Gasteiger charge is -2.34. The van der Waals surface area contributed by atoms with Crippen LogP contribution in [0.2, 0.25) is 0 Å². The van der Waals surface area contributed by atoms with Crippen LogP contribution in [0.4, 0.5) is 5.69 Å². The van der Waals surface area contributed by atoms with Crippen molar-refractivity contribution in [2.45, 2.75) is 64.4 Å². The molecule has 1 N–H and O–H groups in total. The Hall–Kier alpha value is -3.65. The summed E-state index contributed by atoms with van der Waals surface area (Å²) in [4.78, 5) is 28.7. The Morgan fingerprint density at radius 3 is 2.05 bits per heavy atom. The Morgan fingerprint density at radius 2 is 1.49 bits per heavy atom. The monoisotopic (exact) mass is 549 g/mol. The maximum absolute atomic E-state index is 14.0. The van der Waals surface area contributed by atoms with Crippen LogP contribution in [0.25, 0.3) is 0 Å². The number of amides is 2. The molecule has 0 saturated heterocycles. The highest BCUT2D eigenvalue weighted by atomic mass is 32.2. The molecule has 0 bridgehead atoms. The summed E-state index contributed by atoms with van der Waals surface area (Å²) < 4.78 is 28.9. The zero-order valence-electron chi connectivity index (χ0n) is 23.6. The van der Waals surface area contributed by atoms with Crippen LogP contribution in [0.1, 0.15) is 44.4 Å². The van der Waals surface area contributed by atoms with Gasteiger partial charge >= 0.3 is 0 Å². The third-order valence-electron chi connectivity index (χ3n) is 6.38. The molecule has 0 saturated carbocycles. The Kier molecular flexibility index (Phi) is 9.56. The lowest BCUT2D eigenvalue weighted by atomic mass is 10.1. The summed E-state index contributed by atoms with van der Waals surface area (Å²) in [5.41, 5.74) is 2.67. The molecule has 0 spiro atoms. The number of hydrogen-bond acceptors (Lipinski definition) is 4. The minimum Gasteiger partial charge on any atom is -0.350 e. The normalized spacial score (nSPS) is 12.5. The highest BCUT2D eigenvalue weighted by Gasteiger charge is 2.33. The minimum atomic E-state index is -4.07. The molecule has 0 unspecified atom stereocenters. The van der Waals surface area contributed by atoms with Crippen molar-refractivity contribution in [2.24, 2.45) is 0 Å². The first kappa shape index (κ1) is 29.9. The fourth-order valence-electron chi connectivity index (χ4n) is 4.36. The van der Waals surface area contributed by atoms with E-state index in [0.717, 1.165) is 21.0 Å². The Labute approximate surface area is 232 Å². The molecule has 0 heterocycles. The standard InChI is InChI=1S/C31H39N3O4S/c1-23-17-18-28(24(2)21-23)34(39(37,38)27-15-11-8-12-16-27)22-29(35)33(20-19-26-13-9-7-10-14-26)25(3)30(36)32-31(4,5)6/h7-18,21,25H,19-20,22H2,1-6H3,(H,32,36)/t25-/m1/s1. The maximum atomic E-state index is 14.0. The van der Waals surface area contributed by atoms with E-state index in [0.29, 0.717) is 12.1 Å². The van der Waals surface area contributed by atoms with Crippen LogP contribution in [-0.2, 0) is 26.0 Å². The topological polar surface area (TPSA) is 86.8 Å². The lowest BCUT2D eigenvalue weighted by molar-refractivity contribution is -0.139. The molecule has 1 atom stereocenters. The van der Waals surface area contributed by atoms with E-state index >= 15 is 0 Å². The molecule has 0 aliphatic carbocycles. The molecular formula is C31H39N3O4S. The van der Waals surface area contributed by atoms with Crippen molar-refractivity contribution in [3.8, 4) is 0 Å². The van der Waals surface area contributed by atoms with Crippen LogP contribution in [0.3, 0.4) is 0 Å². The number of nitrogens with zero attached hydrogens (tertiary/aromatic N) is 2. The molecule has 39 heavy (non-hydrogen) atoms. The van der Waals surface area contributed by atoms with Gasteiger partial charge in [0, 0.05) is 12.1 Å². The van der Waals surface area contributed by atoms with Crippen molar-refractivity contribution >= 4 is 27.5 Å². The van der Waals surface area contributed by atoms with Gasteiger partial charge in [-0.25, -0.2) is 8.42 Å². The predicted octanol–water partition coefficient (Wildman–Crippen LogP) is 4.87. The summed E-state index contributed by atoms with van der Waals surface area (Å²) in [7, 11) is -4.07. The van der Waals surface area contributed by atoms with Gasteiger partial charge in [0.2, 0.25) is 11.8 Å². The van der Waals surface area contributed by atoms with Gasteiger partial charge in [0.05, 0.1) is 10.6 Å². The van der Waals surface area contributed by atoms with Gasteiger partial charge in [0.1, 0.15) is 12.6 Å². The Balaban J connectivity index is 2.01. The van der Waals surface area contributed by atoms with E-state index in [2.05, 4.69) is 5.32 Å². The van der Waals surface area contributed by atoms with Crippen LogP contribution in [-0.4, -0.2) is 49.8 Å². The number of nitrogens with one attached hydrogen (secondary N) is 1. The van der Waals surface area contributed by atoms with E-state index in [1.165, 1.54) is 17.0 Å². The second-order valence-corrected chi connectivity index (χ2v) is 12.7. The Morgan fingerprint density at radius 1 is 0.897 bits per heavy atom. The molecule has 3 aromatic rings. The average Bonchev–Trinajstić information content (AvgIpc) is 2.87. The van der Waals surface area contributed by atoms with Gasteiger partial charge in [-0.2, -0.15) is 0 Å². The first-order valence-electron chi connectivity index (χ1n) is 13.1. The molecule has 7 nitrogen and oxygen atoms in total. The molecule has 0 aliphatic rings. The molecule has 8 heteroatoms. The summed E-state index contributed by atoms with van der Waals surface area (Å²) in [6.45, 7) is 10.9. The highest BCUT2D eigenvalue weighted by molar-refractivity contribution is 7.92. The highest BCUT2D eigenvalue weighted by Crippen LogP contribution is 2.28. The summed E-state index contributed by atoms with van der Waals surface area (Å²) in [5, 5.41) is 2.94. The number of aryl methyl sites for hydroxylation is 2. The zero-order chi connectivity index (χ0) is 28.8. The summed E-state index contributed by atoms with van der Waals surface area (Å²) >= 11 is 0. The van der Waals surface area contributed by atoms with Gasteiger partial charge < -0.3 is 10.2 Å². The van der Waals surface area contributed by atoms with Crippen LogP contribution in [0.5, 0.6) is 0 Å². The average molecular weight is 550 g/mol. The molecule has 0 fully saturated rings. The van der Waals surface area contributed by atoms with Gasteiger partial charge in [-0.1, -0.05) is 66.2 Å². The number of sulfonamides is 1. The minimum absolute atomic E-state index is 0.0899. The molecule has 3 aromatic carbocycles. The third kappa shape index (κ3) is 7.93. The molecule has 3 rings (SSSR count). The molecular weight excluding hydrogens is 510 g/mol. The second-order valence-electron chi connectivity index (χ2n) is 10.9. The maximum Gasteiger partial charge on any atom is 0.264 e. The van der Waals surface area contributed by atoms with Crippen molar-refractivity contribution < 1.29 is 18.0 Å². The molecule has 0 aliphatic heterocycles. The quantitative estimate of drug-likeness (QED) is 0.391. The van der Waals surface area contributed by atoms with Crippen molar-refractivity contribution in [1.82, 2.24) is 10.2 Å². The first-order valence-corrected chi connectivity index (χ1v) is 14.5.